The highest BCUT2D eigenvalue weighted by atomic mass is 19.1. The second kappa shape index (κ2) is 7.64. The van der Waals surface area contributed by atoms with Gasteiger partial charge in [-0.2, -0.15) is 0 Å². The molecule has 2 bridgehead atoms. The van der Waals surface area contributed by atoms with Gasteiger partial charge in [-0.1, -0.05) is 24.3 Å². The first kappa shape index (κ1) is 17.9. The Labute approximate surface area is 156 Å². The summed E-state index contributed by atoms with van der Waals surface area (Å²) in [7, 11) is 0. The Kier molecular flexibility index (Phi) is 5.07. The number of hydrogen-bond donors (Lipinski definition) is 0. The molecule has 3 saturated heterocycles. The summed E-state index contributed by atoms with van der Waals surface area (Å²) >= 11 is 0. The van der Waals surface area contributed by atoms with Gasteiger partial charge in [-0.15, -0.1) is 0 Å². The maximum atomic E-state index is 13.7. The van der Waals surface area contributed by atoms with Crippen LogP contribution < -0.4 is 0 Å². The topological polar surface area (TPSA) is 38.8 Å². The number of carbonyl (C=O) groups is 1. The molecule has 1 unspecified atom stereocenters. The lowest BCUT2D eigenvalue weighted by atomic mass is 9.86. The average Bonchev–Trinajstić information content (AvgIpc) is 2.67. The Morgan fingerprint density at radius 2 is 1.59 bits per heavy atom. The van der Waals surface area contributed by atoms with Crippen LogP contribution in [0.1, 0.15) is 30.1 Å². The maximum Gasteiger partial charge on any atom is 0.509 e. The Morgan fingerprint density at radius 3 is 2.07 bits per heavy atom. The number of hydrogen-bond acceptors (Lipinski definition) is 4. The third-order valence-corrected chi connectivity index (χ3v) is 5.36. The van der Waals surface area contributed by atoms with Crippen LogP contribution in [-0.2, 0) is 9.47 Å². The minimum atomic E-state index is -0.940. The van der Waals surface area contributed by atoms with E-state index in [2.05, 4.69) is 4.90 Å². The molecule has 1 atom stereocenters. The highest BCUT2D eigenvalue weighted by molar-refractivity contribution is 5.61. The molecule has 0 aliphatic carbocycles. The van der Waals surface area contributed by atoms with Crippen molar-refractivity contribution in [2.45, 2.75) is 25.0 Å². The highest BCUT2D eigenvalue weighted by Gasteiger charge is 2.37. The van der Waals surface area contributed by atoms with Crippen molar-refractivity contribution in [3.63, 3.8) is 0 Å². The van der Waals surface area contributed by atoms with Gasteiger partial charge in [0.2, 0.25) is 0 Å². The zero-order valence-electron chi connectivity index (χ0n) is 14.8. The van der Waals surface area contributed by atoms with Gasteiger partial charge in [-0.25, -0.2) is 13.6 Å². The maximum absolute atomic E-state index is 13.7. The van der Waals surface area contributed by atoms with Crippen LogP contribution in [0.15, 0.2) is 48.5 Å². The normalized spacial score (nSPS) is 24.0. The lowest BCUT2D eigenvalue weighted by molar-refractivity contribution is -0.0642. The molecule has 2 aromatic rings. The number of halogens is 2. The van der Waals surface area contributed by atoms with E-state index in [0.29, 0.717) is 23.6 Å². The summed E-state index contributed by atoms with van der Waals surface area (Å²) in [4.78, 5) is 14.7. The van der Waals surface area contributed by atoms with E-state index in [1.807, 2.05) is 0 Å². The fraction of sp³-hybridized carbons (Fsp3) is 0.381. The number of piperidine rings is 3. The zero-order valence-corrected chi connectivity index (χ0v) is 14.8. The lowest BCUT2D eigenvalue weighted by Gasteiger charge is -2.43. The Morgan fingerprint density at radius 1 is 1.00 bits per heavy atom. The SMILES string of the molecule is O=C(OC(c1cccc(F)c1)c1cccc(F)c1)OC1CN2CCC1CC2. The van der Waals surface area contributed by atoms with E-state index in [0.717, 1.165) is 25.9 Å². The molecule has 0 N–H and O–H groups in total. The van der Waals surface area contributed by atoms with Crippen LogP contribution in [0.4, 0.5) is 13.6 Å². The van der Waals surface area contributed by atoms with E-state index in [9.17, 15) is 13.6 Å². The van der Waals surface area contributed by atoms with Gasteiger partial charge in [-0.3, -0.25) is 4.90 Å². The molecule has 0 saturated carbocycles. The van der Waals surface area contributed by atoms with Gasteiger partial charge in [0.05, 0.1) is 0 Å². The van der Waals surface area contributed by atoms with Gasteiger partial charge < -0.3 is 9.47 Å². The van der Waals surface area contributed by atoms with Crippen molar-refractivity contribution in [3.05, 3.63) is 71.3 Å². The van der Waals surface area contributed by atoms with Gasteiger partial charge in [0.15, 0.2) is 6.10 Å². The average molecular weight is 373 g/mol. The van der Waals surface area contributed by atoms with Gasteiger partial charge in [0.1, 0.15) is 17.7 Å². The van der Waals surface area contributed by atoms with Crippen molar-refractivity contribution >= 4 is 6.16 Å². The van der Waals surface area contributed by atoms with Crippen molar-refractivity contribution in [1.29, 1.82) is 0 Å². The molecule has 4 nitrogen and oxygen atoms in total. The van der Waals surface area contributed by atoms with Gasteiger partial charge in [-0.05, 0) is 56.1 Å². The number of ether oxygens (including phenoxy) is 2. The molecule has 27 heavy (non-hydrogen) atoms. The molecule has 3 fully saturated rings. The number of rotatable bonds is 4. The van der Waals surface area contributed by atoms with E-state index in [1.54, 1.807) is 12.1 Å². The molecule has 3 aliphatic rings. The standard InChI is InChI=1S/C21H21F2NO3/c22-17-5-1-3-15(11-17)20(16-4-2-6-18(23)12-16)27-21(25)26-19-13-24-9-7-14(19)8-10-24/h1-6,11-12,14,19-20H,7-10,13H2. The summed E-state index contributed by atoms with van der Waals surface area (Å²) in [5, 5.41) is 0. The second-order valence-electron chi connectivity index (χ2n) is 7.15. The molecule has 0 radical (unpaired) electrons. The predicted octanol–water partition coefficient (Wildman–Crippen LogP) is 4.30. The van der Waals surface area contributed by atoms with Crippen molar-refractivity contribution in [3.8, 4) is 0 Å². The van der Waals surface area contributed by atoms with Crippen LogP contribution in [-0.4, -0.2) is 36.8 Å². The molecule has 3 heterocycles. The molecule has 5 rings (SSSR count). The summed E-state index contributed by atoms with van der Waals surface area (Å²) in [5.41, 5.74) is 0.845. The van der Waals surface area contributed by atoms with Crippen molar-refractivity contribution < 1.29 is 23.0 Å². The second-order valence-corrected chi connectivity index (χ2v) is 7.15. The molecule has 0 aromatic heterocycles. The van der Waals surface area contributed by atoms with Crippen LogP contribution in [0.5, 0.6) is 0 Å². The molecule has 0 amide bonds. The van der Waals surface area contributed by atoms with Crippen LogP contribution in [0.3, 0.4) is 0 Å². The summed E-state index contributed by atoms with van der Waals surface area (Å²) in [6.07, 6.45) is 0.0718. The molecule has 2 aromatic carbocycles. The number of carbonyl (C=O) groups excluding carboxylic acids is 1. The van der Waals surface area contributed by atoms with Crippen molar-refractivity contribution in [2.75, 3.05) is 19.6 Å². The minimum absolute atomic E-state index is 0.194. The lowest BCUT2D eigenvalue weighted by Crippen LogP contribution is -2.52. The van der Waals surface area contributed by atoms with Gasteiger partial charge in [0, 0.05) is 17.7 Å². The van der Waals surface area contributed by atoms with Crippen molar-refractivity contribution in [2.24, 2.45) is 5.92 Å². The third-order valence-electron chi connectivity index (χ3n) is 5.36. The smallest absolute Gasteiger partial charge is 0.429 e. The van der Waals surface area contributed by atoms with E-state index in [4.69, 9.17) is 9.47 Å². The Hall–Kier alpha value is -2.47. The first-order valence-electron chi connectivity index (χ1n) is 9.19. The van der Waals surface area contributed by atoms with Gasteiger partial charge >= 0.3 is 6.16 Å². The van der Waals surface area contributed by atoms with E-state index >= 15 is 0 Å². The molecular weight excluding hydrogens is 352 g/mol. The Bertz CT molecular complexity index is 775. The first-order chi connectivity index (χ1) is 13.1. The summed E-state index contributed by atoms with van der Waals surface area (Å²) in [6, 6.07) is 11.5. The molecule has 6 heteroatoms. The van der Waals surface area contributed by atoms with Crippen LogP contribution >= 0.6 is 0 Å². The number of fused-ring (bicyclic) bond motifs is 3. The largest absolute Gasteiger partial charge is 0.509 e. The number of benzene rings is 2. The minimum Gasteiger partial charge on any atom is -0.429 e. The molecule has 3 aliphatic heterocycles. The van der Waals surface area contributed by atoms with Gasteiger partial charge in [0.25, 0.3) is 0 Å². The van der Waals surface area contributed by atoms with Crippen LogP contribution in [0, 0.1) is 17.6 Å². The predicted molar refractivity (Wildman–Crippen MR) is 95.2 cm³/mol. The third kappa shape index (κ3) is 4.11. The molecule has 142 valence electrons. The van der Waals surface area contributed by atoms with E-state index < -0.39 is 23.9 Å². The Balaban J connectivity index is 1.53. The fourth-order valence-electron chi connectivity index (χ4n) is 3.96. The zero-order chi connectivity index (χ0) is 18.8. The highest BCUT2D eigenvalue weighted by Crippen LogP contribution is 2.32. The van der Waals surface area contributed by atoms with Crippen LogP contribution in [0.25, 0.3) is 0 Å². The van der Waals surface area contributed by atoms with E-state index in [-0.39, 0.29) is 6.10 Å². The monoisotopic (exact) mass is 373 g/mol. The van der Waals surface area contributed by atoms with Crippen molar-refractivity contribution in [1.82, 2.24) is 4.90 Å². The van der Waals surface area contributed by atoms with E-state index in [1.165, 1.54) is 36.4 Å². The molecule has 0 spiro atoms. The summed E-state index contributed by atoms with van der Waals surface area (Å²) < 4.78 is 38.5. The summed E-state index contributed by atoms with van der Waals surface area (Å²) in [6.45, 7) is 2.79. The molecular formula is C21H21F2NO3. The first-order valence-corrected chi connectivity index (χ1v) is 9.19. The number of nitrogens with zero attached hydrogens (tertiary/aromatic N) is 1. The summed E-state index contributed by atoms with van der Waals surface area (Å²) in [5.74, 6) is -0.559. The van der Waals surface area contributed by atoms with Crippen LogP contribution in [0.2, 0.25) is 0 Å². The quantitative estimate of drug-likeness (QED) is 0.749. The fourth-order valence-corrected chi connectivity index (χ4v) is 3.96.